The first-order chi connectivity index (χ1) is 6.77. The second-order valence-corrected chi connectivity index (χ2v) is 3.89. The molecule has 2 rings (SSSR count). The van der Waals surface area contributed by atoms with E-state index in [1.807, 2.05) is 0 Å². The van der Waals surface area contributed by atoms with Gasteiger partial charge in [0.2, 0.25) is 11.3 Å². The van der Waals surface area contributed by atoms with Gasteiger partial charge in [-0.15, -0.1) is 0 Å². The van der Waals surface area contributed by atoms with Crippen LogP contribution < -0.4 is 10.2 Å². The van der Waals surface area contributed by atoms with Gasteiger partial charge in [-0.2, -0.15) is 0 Å². The molecule has 1 heterocycles. The summed E-state index contributed by atoms with van der Waals surface area (Å²) in [6, 6.07) is 1.39. The average Bonchev–Trinajstić information content (AvgIpc) is 2.66. The second kappa shape index (κ2) is 4.05. The standard InChI is InChI=1S/C10H12ClNO2/c11-9-8(13)5-6-12-10(9)14-7-3-1-2-4-7/h5-7H,1-4H2,(H,12,13). The van der Waals surface area contributed by atoms with Crippen molar-refractivity contribution in [3.05, 3.63) is 27.5 Å². The highest BCUT2D eigenvalue weighted by molar-refractivity contribution is 6.31. The van der Waals surface area contributed by atoms with Gasteiger partial charge in [0.15, 0.2) is 0 Å². The Morgan fingerprint density at radius 3 is 2.86 bits per heavy atom. The van der Waals surface area contributed by atoms with Gasteiger partial charge in [0.25, 0.3) is 0 Å². The topological polar surface area (TPSA) is 42.1 Å². The van der Waals surface area contributed by atoms with E-state index in [4.69, 9.17) is 16.3 Å². The van der Waals surface area contributed by atoms with E-state index in [1.165, 1.54) is 18.9 Å². The van der Waals surface area contributed by atoms with Crippen LogP contribution in [-0.4, -0.2) is 11.1 Å². The fourth-order valence-electron chi connectivity index (χ4n) is 1.70. The van der Waals surface area contributed by atoms with Crippen LogP contribution in [0.5, 0.6) is 5.88 Å². The first kappa shape index (κ1) is 9.59. The average molecular weight is 214 g/mol. The Hall–Kier alpha value is -0.960. The number of hydrogen-bond donors (Lipinski definition) is 1. The maximum absolute atomic E-state index is 11.2. The Bertz CT molecular complexity index is 369. The Balaban J connectivity index is 2.15. The molecular formula is C10H12ClNO2. The largest absolute Gasteiger partial charge is 0.475 e. The van der Waals surface area contributed by atoms with Crippen molar-refractivity contribution in [1.29, 1.82) is 0 Å². The SMILES string of the molecule is O=c1cc[nH]c(OC2CCCC2)c1Cl. The normalized spacial score (nSPS) is 17.2. The van der Waals surface area contributed by atoms with Crippen molar-refractivity contribution in [2.45, 2.75) is 31.8 Å². The molecule has 0 unspecified atom stereocenters. The Morgan fingerprint density at radius 2 is 2.14 bits per heavy atom. The van der Waals surface area contributed by atoms with Gasteiger partial charge in [0.05, 0.1) is 0 Å². The van der Waals surface area contributed by atoms with Crippen molar-refractivity contribution in [2.24, 2.45) is 0 Å². The first-order valence-electron chi connectivity index (χ1n) is 4.81. The number of H-pyrrole nitrogens is 1. The summed E-state index contributed by atoms with van der Waals surface area (Å²) in [5, 5.41) is 0.152. The zero-order valence-corrected chi connectivity index (χ0v) is 8.51. The number of aromatic amines is 1. The van der Waals surface area contributed by atoms with E-state index in [0.717, 1.165) is 12.8 Å². The molecule has 0 atom stereocenters. The number of aromatic nitrogens is 1. The third kappa shape index (κ3) is 1.93. The molecule has 0 aromatic carbocycles. The lowest BCUT2D eigenvalue weighted by atomic mass is 10.3. The van der Waals surface area contributed by atoms with Crippen molar-refractivity contribution in [1.82, 2.24) is 4.98 Å². The zero-order chi connectivity index (χ0) is 9.97. The highest BCUT2D eigenvalue weighted by atomic mass is 35.5. The summed E-state index contributed by atoms with van der Waals surface area (Å²) < 4.78 is 5.60. The Morgan fingerprint density at radius 1 is 1.43 bits per heavy atom. The molecule has 1 saturated carbocycles. The summed E-state index contributed by atoms with van der Waals surface area (Å²) >= 11 is 5.80. The lowest BCUT2D eigenvalue weighted by Crippen LogP contribution is -2.14. The molecule has 0 saturated heterocycles. The van der Waals surface area contributed by atoms with Gasteiger partial charge in [-0.05, 0) is 25.7 Å². The van der Waals surface area contributed by atoms with Crippen LogP contribution in [0.2, 0.25) is 5.02 Å². The fraction of sp³-hybridized carbons (Fsp3) is 0.500. The number of nitrogens with one attached hydrogen (secondary N) is 1. The number of ether oxygens (including phenoxy) is 1. The molecule has 1 aromatic heterocycles. The monoisotopic (exact) mass is 213 g/mol. The summed E-state index contributed by atoms with van der Waals surface area (Å²) in [6.45, 7) is 0. The zero-order valence-electron chi connectivity index (χ0n) is 7.75. The van der Waals surface area contributed by atoms with Crippen LogP contribution in [0, 0.1) is 0 Å². The predicted molar refractivity (Wildman–Crippen MR) is 55.0 cm³/mol. The first-order valence-corrected chi connectivity index (χ1v) is 5.19. The number of pyridine rings is 1. The maximum Gasteiger partial charge on any atom is 0.214 e. The number of hydrogen-bond acceptors (Lipinski definition) is 2. The van der Waals surface area contributed by atoms with Gasteiger partial charge in [-0.25, -0.2) is 0 Å². The molecule has 3 nitrogen and oxygen atoms in total. The van der Waals surface area contributed by atoms with Gasteiger partial charge in [-0.3, -0.25) is 4.79 Å². The second-order valence-electron chi connectivity index (χ2n) is 3.51. The van der Waals surface area contributed by atoms with Crippen LogP contribution in [0.4, 0.5) is 0 Å². The van der Waals surface area contributed by atoms with Crippen LogP contribution in [0.25, 0.3) is 0 Å². The number of rotatable bonds is 2. The van der Waals surface area contributed by atoms with E-state index < -0.39 is 0 Å². The summed E-state index contributed by atoms with van der Waals surface area (Å²) in [7, 11) is 0. The molecule has 1 aliphatic rings. The van der Waals surface area contributed by atoms with E-state index >= 15 is 0 Å². The van der Waals surface area contributed by atoms with Crippen molar-refractivity contribution in [3.8, 4) is 5.88 Å². The van der Waals surface area contributed by atoms with Crippen molar-refractivity contribution < 1.29 is 4.74 Å². The minimum atomic E-state index is -0.196. The molecule has 1 aromatic rings. The maximum atomic E-state index is 11.2. The quantitative estimate of drug-likeness (QED) is 0.820. The van der Waals surface area contributed by atoms with E-state index in [2.05, 4.69) is 4.98 Å². The van der Waals surface area contributed by atoms with Gasteiger partial charge in [0.1, 0.15) is 11.1 Å². The smallest absolute Gasteiger partial charge is 0.214 e. The van der Waals surface area contributed by atoms with E-state index in [9.17, 15) is 4.79 Å². The molecule has 1 fully saturated rings. The van der Waals surface area contributed by atoms with Gasteiger partial charge < -0.3 is 9.72 Å². The van der Waals surface area contributed by atoms with Crippen molar-refractivity contribution >= 4 is 11.6 Å². The highest BCUT2D eigenvalue weighted by Crippen LogP contribution is 2.25. The minimum absolute atomic E-state index is 0.152. The molecular weight excluding hydrogens is 202 g/mol. The van der Waals surface area contributed by atoms with E-state index in [-0.39, 0.29) is 16.6 Å². The van der Waals surface area contributed by atoms with Crippen LogP contribution in [0.3, 0.4) is 0 Å². The van der Waals surface area contributed by atoms with Gasteiger partial charge >= 0.3 is 0 Å². The van der Waals surface area contributed by atoms with E-state index in [0.29, 0.717) is 5.88 Å². The van der Waals surface area contributed by atoms with Gasteiger partial charge in [0, 0.05) is 12.3 Å². The summed E-state index contributed by atoms with van der Waals surface area (Å²) in [5.41, 5.74) is -0.196. The molecule has 76 valence electrons. The van der Waals surface area contributed by atoms with Crippen LogP contribution >= 0.6 is 11.6 Å². The minimum Gasteiger partial charge on any atom is -0.475 e. The summed E-state index contributed by atoms with van der Waals surface area (Å²) in [6.07, 6.45) is 6.25. The molecule has 1 N–H and O–H groups in total. The molecule has 14 heavy (non-hydrogen) atoms. The molecule has 0 amide bonds. The van der Waals surface area contributed by atoms with Crippen molar-refractivity contribution in [2.75, 3.05) is 0 Å². The van der Waals surface area contributed by atoms with Crippen LogP contribution in [-0.2, 0) is 0 Å². The molecule has 0 bridgehead atoms. The fourth-order valence-corrected chi connectivity index (χ4v) is 1.86. The molecule has 0 radical (unpaired) electrons. The lowest BCUT2D eigenvalue weighted by Gasteiger charge is -2.12. The molecule has 4 heteroatoms. The number of halogens is 1. The third-order valence-corrected chi connectivity index (χ3v) is 2.81. The third-order valence-electron chi connectivity index (χ3n) is 2.45. The Kier molecular flexibility index (Phi) is 2.77. The summed E-state index contributed by atoms with van der Waals surface area (Å²) in [4.78, 5) is 14.0. The van der Waals surface area contributed by atoms with Crippen molar-refractivity contribution in [3.63, 3.8) is 0 Å². The molecule has 0 spiro atoms. The predicted octanol–water partition coefficient (Wildman–Crippen LogP) is 2.35. The lowest BCUT2D eigenvalue weighted by molar-refractivity contribution is 0.201. The summed E-state index contributed by atoms with van der Waals surface area (Å²) in [5.74, 6) is 0.408. The van der Waals surface area contributed by atoms with Crippen LogP contribution in [0.1, 0.15) is 25.7 Å². The Labute approximate surface area is 87.0 Å². The van der Waals surface area contributed by atoms with Gasteiger partial charge in [-0.1, -0.05) is 11.6 Å². The molecule has 0 aliphatic heterocycles. The van der Waals surface area contributed by atoms with E-state index in [1.54, 1.807) is 6.20 Å². The highest BCUT2D eigenvalue weighted by Gasteiger charge is 2.18. The molecule has 1 aliphatic carbocycles. The van der Waals surface area contributed by atoms with Crippen LogP contribution in [0.15, 0.2) is 17.1 Å².